The number of nitrogens with one attached hydrogen (secondary N) is 1. The Morgan fingerprint density at radius 1 is 1.25 bits per heavy atom. The van der Waals surface area contributed by atoms with Crippen LogP contribution in [0.1, 0.15) is 5.56 Å². The van der Waals surface area contributed by atoms with Gasteiger partial charge >= 0.3 is 0 Å². The second-order valence-electron chi connectivity index (χ2n) is 4.44. The molecule has 2 aromatic rings. The topological polar surface area (TPSA) is 120 Å². The van der Waals surface area contributed by atoms with Crippen LogP contribution in [0.15, 0.2) is 53.0 Å². The van der Waals surface area contributed by atoms with Crippen LogP contribution < -0.4 is 15.9 Å². The monoisotopic (exact) mass is 345 g/mol. The van der Waals surface area contributed by atoms with Crippen molar-refractivity contribution < 1.29 is 14.3 Å². The number of aromatic nitrogens is 2. The minimum Gasteiger partial charge on any atom is -0.484 e. The Kier molecular flexibility index (Phi) is 6.72. The molecule has 8 nitrogen and oxygen atoms in total. The van der Waals surface area contributed by atoms with E-state index in [4.69, 9.17) is 10.5 Å². The lowest BCUT2D eigenvalue weighted by molar-refractivity contribution is -0.120. The molecule has 9 heteroatoms. The Bertz CT molecular complexity index is 707. The van der Waals surface area contributed by atoms with Crippen LogP contribution in [-0.4, -0.2) is 40.4 Å². The smallest absolute Gasteiger partial charge is 0.255 e. The molecular formula is C15H15N5O3S. The molecule has 0 unspecified atom stereocenters. The van der Waals surface area contributed by atoms with Gasteiger partial charge in [-0.05, 0) is 35.9 Å². The highest BCUT2D eigenvalue weighted by Gasteiger charge is 2.03. The number of carbonyl (C=O) groups excluding carboxylic acids is 2. The Morgan fingerprint density at radius 3 is 2.62 bits per heavy atom. The molecule has 2 rings (SSSR count). The molecule has 0 radical (unpaired) electrons. The summed E-state index contributed by atoms with van der Waals surface area (Å²) < 4.78 is 5.14. The first-order valence-electron chi connectivity index (χ1n) is 6.86. The molecule has 3 N–H and O–H groups in total. The third-order valence-electron chi connectivity index (χ3n) is 2.54. The number of nitrogens with zero attached hydrogens (tertiary/aromatic N) is 3. The molecule has 2 amide bonds. The molecule has 124 valence electrons. The van der Waals surface area contributed by atoms with E-state index in [9.17, 15) is 9.59 Å². The van der Waals surface area contributed by atoms with Gasteiger partial charge in [-0.25, -0.2) is 15.4 Å². The lowest BCUT2D eigenvalue weighted by atomic mass is 10.2. The summed E-state index contributed by atoms with van der Waals surface area (Å²) in [6, 6.07) is 8.53. The highest BCUT2D eigenvalue weighted by Crippen LogP contribution is 2.11. The maximum atomic E-state index is 11.6. The number of carbonyl (C=O) groups is 2. The molecular weight excluding hydrogens is 330 g/mol. The summed E-state index contributed by atoms with van der Waals surface area (Å²) in [5, 5.41) is 4.39. The van der Waals surface area contributed by atoms with E-state index in [1.54, 1.807) is 42.7 Å². The van der Waals surface area contributed by atoms with Gasteiger partial charge in [0.1, 0.15) is 5.75 Å². The Balaban J connectivity index is 1.74. The van der Waals surface area contributed by atoms with Gasteiger partial charge < -0.3 is 10.5 Å². The van der Waals surface area contributed by atoms with Crippen LogP contribution in [0.2, 0.25) is 0 Å². The standard InChI is InChI=1S/C15H15N5O3S/c16-13(21)9-23-12-4-2-11(3-5-12)8-19-20-14(22)10-24-15-17-6-1-7-18-15/h1-8H,9-10H2,(H2,16,21)(H,20,22). The van der Waals surface area contributed by atoms with Crippen molar-refractivity contribution in [3.63, 3.8) is 0 Å². The molecule has 0 fully saturated rings. The van der Waals surface area contributed by atoms with Crippen molar-refractivity contribution in [2.24, 2.45) is 10.8 Å². The number of hydrazone groups is 1. The van der Waals surface area contributed by atoms with E-state index in [2.05, 4.69) is 20.5 Å². The normalized spacial score (nSPS) is 10.5. The molecule has 0 aliphatic heterocycles. The van der Waals surface area contributed by atoms with Crippen LogP contribution in [0.3, 0.4) is 0 Å². The maximum Gasteiger partial charge on any atom is 0.255 e. The molecule has 24 heavy (non-hydrogen) atoms. The minimum atomic E-state index is -0.540. The van der Waals surface area contributed by atoms with E-state index in [1.807, 2.05) is 0 Å². The van der Waals surface area contributed by atoms with E-state index >= 15 is 0 Å². The van der Waals surface area contributed by atoms with Crippen molar-refractivity contribution >= 4 is 29.8 Å². The number of amides is 2. The van der Waals surface area contributed by atoms with Crippen molar-refractivity contribution in [1.29, 1.82) is 0 Å². The van der Waals surface area contributed by atoms with Crippen LogP contribution in [0, 0.1) is 0 Å². The lowest BCUT2D eigenvalue weighted by Crippen LogP contribution is -2.20. The molecule has 0 bridgehead atoms. The first-order valence-corrected chi connectivity index (χ1v) is 7.85. The first-order chi connectivity index (χ1) is 11.6. The summed E-state index contributed by atoms with van der Waals surface area (Å²) in [6.07, 6.45) is 4.73. The maximum absolute atomic E-state index is 11.6. The van der Waals surface area contributed by atoms with Gasteiger partial charge in [0.05, 0.1) is 12.0 Å². The van der Waals surface area contributed by atoms with Gasteiger partial charge in [0.25, 0.3) is 11.8 Å². The number of ether oxygens (including phenoxy) is 1. The van der Waals surface area contributed by atoms with Crippen molar-refractivity contribution in [3.05, 3.63) is 48.3 Å². The van der Waals surface area contributed by atoms with Gasteiger partial charge in [-0.2, -0.15) is 5.10 Å². The van der Waals surface area contributed by atoms with Gasteiger partial charge in [-0.1, -0.05) is 11.8 Å². The van der Waals surface area contributed by atoms with Crippen molar-refractivity contribution in [1.82, 2.24) is 15.4 Å². The largest absolute Gasteiger partial charge is 0.484 e. The summed E-state index contributed by atoms with van der Waals surface area (Å²) in [5.74, 6) is -0.108. The van der Waals surface area contributed by atoms with Crippen LogP contribution in [0.25, 0.3) is 0 Å². The molecule has 0 aliphatic rings. The predicted molar refractivity (Wildman–Crippen MR) is 89.6 cm³/mol. The molecule has 1 heterocycles. The number of thioether (sulfide) groups is 1. The van der Waals surface area contributed by atoms with E-state index in [1.165, 1.54) is 18.0 Å². The number of nitrogens with two attached hydrogens (primary N) is 1. The Morgan fingerprint density at radius 2 is 1.96 bits per heavy atom. The fourth-order valence-corrected chi connectivity index (χ4v) is 2.10. The van der Waals surface area contributed by atoms with Gasteiger partial charge in [-0.3, -0.25) is 9.59 Å². The highest BCUT2D eigenvalue weighted by molar-refractivity contribution is 7.99. The third-order valence-corrected chi connectivity index (χ3v) is 3.41. The lowest BCUT2D eigenvalue weighted by Gasteiger charge is -2.03. The summed E-state index contributed by atoms with van der Waals surface area (Å²) in [6.45, 7) is -0.174. The third kappa shape index (κ3) is 6.44. The zero-order valence-electron chi connectivity index (χ0n) is 12.6. The molecule has 0 spiro atoms. The summed E-state index contributed by atoms with van der Waals surface area (Å²) in [7, 11) is 0. The summed E-state index contributed by atoms with van der Waals surface area (Å²) >= 11 is 1.22. The average Bonchev–Trinajstić information content (AvgIpc) is 2.60. The highest BCUT2D eigenvalue weighted by atomic mass is 32.2. The van der Waals surface area contributed by atoms with Crippen molar-refractivity contribution in [3.8, 4) is 5.75 Å². The van der Waals surface area contributed by atoms with E-state index in [0.29, 0.717) is 10.9 Å². The molecule has 0 saturated heterocycles. The number of hydrogen-bond donors (Lipinski definition) is 2. The van der Waals surface area contributed by atoms with Gasteiger partial charge in [0.15, 0.2) is 11.8 Å². The molecule has 0 saturated carbocycles. The minimum absolute atomic E-state index is 0.168. The first kappa shape index (κ1) is 17.4. The molecule has 0 atom stereocenters. The SMILES string of the molecule is NC(=O)COc1ccc(C=NNC(=O)CSc2ncccn2)cc1. The van der Waals surface area contributed by atoms with E-state index < -0.39 is 5.91 Å². The van der Waals surface area contributed by atoms with Crippen LogP contribution in [0.4, 0.5) is 0 Å². The Labute approximate surface area is 142 Å². The number of primary amides is 1. The number of benzene rings is 1. The van der Waals surface area contributed by atoms with Gasteiger partial charge in [0.2, 0.25) is 0 Å². The van der Waals surface area contributed by atoms with E-state index in [0.717, 1.165) is 5.56 Å². The molecule has 1 aromatic carbocycles. The predicted octanol–water partition coefficient (Wildman–Crippen LogP) is 0.583. The zero-order valence-corrected chi connectivity index (χ0v) is 13.4. The van der Waals surface area contributed by atoms with Gasteiger partial charge in [-0.15, -0.1) is 0 Å². The number of hydrogen-bond acceptors (Lipinski definition) is 7. The number of rotatable bonds is 8. The second-order valence-corrected chi connectivity index (χ2v) is 5.38. The van der Waals surface area contributed by atoms with Crippen LogP contribution >= 0.6 is 11.8 Å². The quantitative estimate of drug-likeness (QED) is 0.313. The van der Waals surface area contributed by atoms with Crippen molar-refractivity contribution in [2.45, 2.75) is 5.16 Å². The van der Waals surface area contributed by atoms with Crippen LogP contribution in [-0.2, 0) is 9.59 Å². The summed E-state index contributed by atoms with van der Waals surface area (Å²) in [5.41, 5.74) is 8.17. The van der Waals surface area contributed by atoms with Gasteiger partial charge in [0, 0.05) is 12.4 Å². The fraction of sp³-hybridized carbons (Fsp3) is 0.133. The average molecular weight is 345 g/mol. The fourth-order valence-electron chi connectivity index (χ4n) is 1.51. The Hall–Kier alpha value is -2.94. The van der Waals surface area contributed by atoms with E-state index in [-0.39, 0.29) is 18.3 Å². The summed E-state index contributed by atoms with van der Waals surface area (Å²) in [4.78, 5) is 30.3. The molecule has 0 aliphatic carbocycles. The molecule has 1 aromatic heterocycles. The zero-order chi connectivity index (χ0) is 17.2. The second kappa shape index (κ2) is 9.26. The van der Waals surface area contributed by atoms with Crippen LogP contribution in [0.5, 0.6) is 5.75 Å². The van der Waals surface area contributed by atoms with Crippen molar-refractivity contribution in [2.75, 3.05) is 12.4 Å².